The Morgan fingerprint density at radius 3 is 3.06 bits per heavy atom. The van der Waals surface area contributed by atoms with Gasteiger partial charge >= 0.3 is 0 Å². The van der Waals surface area contributed by atoms with E-state index < -0.39 is 0 Å². The fraction of sp³-hybridized carbons (Fsp3) is 0.400. The monoisotopic (exact) mass is 241 g/mol. The first-order valence-corrected chi connectivity index (χ1v) is 6.47. The maximum absolute atomic E-state index is 4.15. The lowest BCUT2D eigenvalue weighted by atomic mass is 9.99. The number of hydrogen-bond acceptors (Lipinski definition) is 2. The number of aromatic nitrogens is 2. The molecule has 2 aromatic heterocycles. The van der Waals surface area contributed by atoms with Crippen molar-refractivity contribution in [3.05, 3.63) is 54.1 Å². The summed E-state index contributed by atoms with van der Waals surface area (Å²) in [7, 11) is 0. The Kier molecular flexibility index (Phi) is 2.71. The lowest BCUT2D eigenvalue weighted by molar-refractivity contribution is 0.347. The molecule has 1 N–H and O–H groups in total. The molecule has 1 atom stereocenters. The largest absolute Gasteiger partial charge is 0.344 e. The third-order valence-electron chi connectivity index (χ3n) is 3.77. The molecule has 94 valence electrons. The molecule has 3 heteroatoms. The predicted octanol–water partition coefficient (Wildman–Crippen LogP) is 2.85. The van der Waals surface area contributed by atoms with Gasteiger partial charge in [0, 0.05) is 42.4 Å². The molecule has 1 unspecified atom stereocenters. The summed E-state index contributed by atoms with van der Waals surface area (Å²) in [6, 6.07) is 8.89. The highest BCUT2D eigenvalue weighted by molar-refractivity contribution is 5.21. The summed E-state index contributed by atoms with van der Waals surface area (Å²) >= 11 is 0. The van der Waals surface area contributed by atoms with Gasteiger partial charge in [0.25, 0.3) is 0 Å². The van der Waals surface area contributed by atoms with E-state index >= 15 is 0 Å². The molecule has 18 heavy (non-hydrogen) atoms. The molecule has 3 rings (SSSR count). The van der Waals surface area contributed by atoms with E-state index in [-0.39, 0.29) is 5.54 Å². The molecular weight excluding hydrogens is 222 g/mol. The first-order chi connectivity index (χ1) is 8.67. The summed E-state index contributed by atoms with van der Waals surface area (Å²) in [6.07, 6.45) is 7.06. The fourth-order valence-corrected chi connectivity index (χ4v) is 2.85. The molecule has 0 aromatic carbocycles. The van der Waals surface area contributed by atoms with Crippen molar-refractivity contribution < 1.29 is 0 Å². The van der Waals surface area contributed by atoms with Crippen LogP contribution >= 0.6 is 0 Å². The van der Waals surface area contributed by atoms with E-state index in [0.29, 0.717) is 6.04 Å². The van der Waals surface area contributed by atoms with E-state index in [0.717, 1.165) is 13.0 Å². The third kappa shape index (κ3) is 1.95. The second kappa shape index (κ2) is 4.25. The van der Waals surface area contributed by atoms with Gasteiger partial charge in [-0.1, -0.05) is 6.07 Å². The van der Waals surface area contributed by atoms with E-state index in [1.54, 1.807) is 0 Å². The van der Waals surface area contributed by atoms with Crippen LogP contribution in [0.3, 0.4) is 0 Å². The Labute approximate surface area is 108 Å². The number of pyridine rings is 1. The second-order valence-electron chi connectivity index (χ2n) is 5.61. The SMILES string of the molecule is CC1(C)CC(NCc2cccnc2)c2cccn21. The molecule has 0 aliphatic carbocycles. The Hall–Kier alpha value is -1.61. The molecule has 0 amide bonds. The van der Waals surface area contributed by atoms with Crippen molar-refractivity contribution in [2.75, 3.05) is 0 Å². The zero-order valence-corrected chi connectivity index (χ0v) is 10.9. The zero-order valence-electron chi connectivity index (χ0n) is 10.9. The molecule has 3 nitrogen and oxygen atoms in total. The van der Waals surface area contributed by atoms with Crippen LogP contribution in [0.2, 0.25) is 0 Å². The molecule has 2 aromatic rings. The van der Waals surface area contributed by atoms with Crippen LogP contribution in [0.1, 0.15) is 37.6 Å². The van der Waals surface area contributed by atoms with Gasteiger partial charge in [0.15, 0.2) is 0 Å². The molecule has 1 aliphatic rings. The van der Waals surface area contributed by atoms with Crippen molar-refractivity contribution in [3.63, 3.8) is 0 Å². The van der Waals surface area contributed by atoms with Gasteiger partial charge in [-0.25, -0.2) is 0 Å². The normalized spacial score (nSPS) is 20.9. The summed E-state index contributed by atoms with van der Waals surface area (Å²) < 4.78 is 2.38. The quantitative estimate of drug-likeness (QED) is 0.895. The van der Waals surface area contributed by atoms with Gasteiger partial charge in [-0.3, -0.25) is 4.98 Å². The highest BCUT2D eigenvalue weighted by atomic mass is 15.1. The van der Waals surface area contributed by atoms with Crippen LogP contribution < -0.4 is 5.32 Å². The smallest absolute Gasteiger partial charge is 0.0500 e. The Bertz CT molecular complexity index is 528. The molecule has 0 fully saturated rings. The highest BCUT2D eigenvalue weighted by Crippen LogP contribution is 2.38. The Balaban J connectivity index is 1.73. The van der Waals surface area contributed by atoms with Crippen LogP contribution in [0.15, 0.2) is 42.9 Å². The van der Waals surface area contributed by atoms with Gasteiger partial charge in [0.05, 0.1) is 0 Å². The average molecular weight is 241 g/mol. The van der Waals surface area contributed by atoms with Crippen LogP contribution in [0.4, 0.5) is 0 Å². The lowest BCUT2D eigenvalue weighted by Crippen LogP contribution is -2.22. The van der Waals surface area contributed by atoms with E-state index in [2.05, 4.69) is 53.1 Å². The molecule has 0 bridgehead atoms. The van der Waals surface area contributed by atoms with Gasteiger partial charge in [0.1, 0.15) is 0 Å². The molecule has 0 saturated heterocycles. The van der Waals surface area contributed by atoms with Gasteiger partial charge in [-0.05, 0) is 44.0 Å². The number of nitrogens with zero attached hydrogens (tertiary/aromatic N) is 2. The minimum Gasteiger partial charge on any atom is -0.344 e. The maximum Gasteiger partial charge on any atom is 0.0500 e. The van der Waals surface area contributed by atoms with Crippen LogP contribution in [0.25, 0.3) is 0 Å². The van der Waals surface area contributed by atoms with Crippen LogP contribution in [-0.2, 0) is 12.1 Å². The summed E-state index contributed by atoms with van der Waals surface area (Å²) in [5.41, 5.74) is 2.84. The minimum absolute atomic E-state index is 0.214. The third-order valence-corrected chi connectivity index (χ3v) is 3.77. The standard InChI is InChI=1S/C15H19N3/c1-15(2)9-13(14-6-4-8-18(14)15)17-11-12-5-3-7-16-10-12/h3-8,10,13,17H,9,11H2,1-2H3. The molecule has 1 aliphatic heterocycles. The number of rotatable bonds is 3. The number of nitrogens with one attached hydrogen (secondary N) is 1. The highest BCUT2D eigenvalue weighted by Gasteiger charge is 2.35. The van der Waals surface area contributed by atoms with Crippen molar-refractivity contribution in [1.29, 1.82) is 0 Å². The predicted molar refractivity (Wildman–Crippen MR) is 72.2 cm³/mol. The van der Waals surface area contributed by atoms with E-state index in [1.165, 1.54) is 11.3 Å². The molecule has 0 saturated carbocycles. The van der Waals surface area contributed by atoms with Crippen molar-refractivity contribution in [2.24, 2.45) is 0 Å². The maximum atomic E-state index is 4.15. The number of fused-ring (bicyclic) bond motifs is 1. The minimum atomic E-state index is 0.214. The van der Waals surface area contributed by atoms with Crippen LogP contribution in [0, 0.1) is 0 Å². The van der Waals surface area contributed by atoms with E-state index in [9.17, 15) is 0 Å². The van der Waals surface area contributed by atoms with Crippen LogP contribution in [0.5, 0.6) is 0 Å². The Morgan fingerprint density at radius 2 is 2.28 bits per heavy atom. The molecule has 0 radical (unpaired) electrons. The summed E-state index contributed by atoms with van der Waals surface area (Å²) in [4.78, 5) is 4.15. The first-order valence-electron chi connectivity index (χ1n) is 6.47. The molecule has 0 spiro atoms. The van der Waals surface area contributed by atoms with E-state index in [1.807, 2.05) is 18.5 Å². The first kappa shape index (κ1) is 11.5. The Morgan fingerprint density at radius 1 is 1.39 bits per heavy atom. The summed E-state index contributed by atoms with van der Waals surface area (Å²) in [6.45, 7) is 5.46. The van der Waals surface area contributed by atoms with Gasteiger partial charge in [0.2, 0.25) is 0 Å². The zero-order chi connectivity index (χ0) is 12.6. The van der Waals surface area contributed by atoms with Gasteiger partial charge in [-0.2, -0.15) is 0 Å². The van der Waals surface area contributed by atoms with Crippen molar-refractivity contribution in [3.8, 4) is 0 Å². The topological polar surface area (TPSA) is 29.9 Å². The summed E-state index contributed by atoms with van der Waals surface area (Å²) in [5.74, 6) is 0. The van der Waals surface area contributed by atoms with Crippen molar-refractivity contribution in [1.82, 2.24) is 14.9 Å². The summed E-state index contributed by atoms with van der Waals surface area (Å²) in [5, 5.41) is 3.63. The van der Waals surface area contributed by atoms with Crippen molar-refractivity contribution in [2.45, 2.75) is 38.4 Å². The second-order valence-corrected chi connectivity index (χ2v) is 5.61. The van der Waals surface area contributed by atoms with Crippen molar-refractivity contribution >= 4 is 0 Å². The number of hydrogen-bond donors (Lipinski definition) is 1. The molecule has 3 heterocycles. The van der Waals surface area contributed by atoms with Gasteiger partial charge < -0.3 is 9.88 Å². The van der Waals surface area contributed by atoms with E-state index in [4.69, 9.17) is 0 Å². The lowest BCUT2D eigenvalue weighted by Gasteiger charge is -2.21. The fourth-order valence-electron chi connectivity index (χ4n) is 2.85. The molecular formula is C15H19N3. The average Bonchev–Trinajstić information content (AvgIpc) is 2.92. The van der Waals surface area contributed by atoms with Gasteiger partial charge in [-0.15, -0.1) is 0 Å². The van der Waals surface area contributed by atoms with Crippen LogP contribution in [-0.4, -0.2) is 9.55 Å².